The van der Waals surface area contributed by atoms with Crippen molar-refractivity contribution in [3.8, 4) is 0 Å². The fourth-order valence-electron chi connectivity index (χ4n) is 5.40. The van der Waals surface area contributed by atoms with Crippen LogP contribution in [0.1, 0.15) is 57.4 Å². The number of nitrogens with one attached hydrogen (secondary N) is 1. The molecule has 4 fully saturated rings. The summed E-state index contributed by atoms with van der Waals surface area (Å²) >= 11 is 0. The SMILES string of the molecule is CC(C)c1ccc(S(=O)(=O)NC2C3CC4CC(C3)CC2C4)cc1. The lowest BCUT2D eigenvalue weighted by atomic mass is 9.54. The van der Waals surface area contributed by atoms with Crippen LogP contribution in [-0.4, -0.2) is 14.5 Å². The topological polar surface area (TPSA) is 46.2 Å². The Morgan fingerprint density at radius 3 is 1.91 bits per heavy atom. The average Bonchev–Trinajstić information content (AvgIpc) is 2.50. The molecule has 23 heavy (non-hydrogen) atoms. The molecule has 0 saturated heterocycles. The first-order valence-electron chi connectivity index (χ1n) is 9.04. The Morgan fingerprint density at radius 1 is 0.913 bits per heavy atom. The van der Waals surface area contributed by atoms with Gasteiger partial charge in [-0.2, -0.15) is 0 Å². The Morgan fingerprint density at radius 2 is 1.43 bits per heavy atom. The summed E-state index contributed by atoms with van der Waals surface area (Å²) in [5.41, 5.74) is 1.18. The molecule has 0 aromatic heterocycles. The molecule has 4 saturated carbocycles. The lowest BCUT2D eigenvalue weighted by Gasteiger charge is -2.54. The van der Waals surface area contributed by atoms with Gasteiger partial charge in [0.25, 0.3) is 0 Å². The molecule has 4 aliphatic rings. The second-order valence-corrected chi connectivity index (χ2v) is 10.0. The summed E-state index contributed by atoms with van der Waals surface area (Å²) in [6, 6.07) is 7.56. The zero-order chi connectivity index (χ0) is 16.2. The van der Waals surface area contributed by atoms with Crippen LogP contribution in [-0.2, 0) is 10.0 Å². The maximum absolute atomic E-state index is 12.8. The van der Waals surface area contributed by atoms with Gasteiger partial charge >= 0.3 is 0 Å². The molecule has 4 bridgehead atoms. The van der Waals surface area contributed by atoms with Crippen molar-refractivity contribution in [3.63, 3.8) is 0 Å². The molecule has 126 valence electrons. The molecular weight excluding hydrogens is 306 g/mol. The van der Waals surface area contributed by atoms with E-state index in [1.54, 1.807) is 12.1 Å². The van der Waals surface area contributed by atoms with Crippen molar-refractivity contribution in [3.05, 3.63) is 29.8 Å². The molecule has 0 heterocycles. The summed E-state index contributed by atoms with van der Waals surface area (Å²) < 4.78 is 28.7. The lowest BCUT2D eigenvalue weighted by Crippen LogP contribution is -2.55. The largest absolute Gasteiger partial charge is 0.240 e. The van der Waals surface area contributed by atoms with Gasteiger partial charge in [-0.25, -0.2) is 13.1 Å². The summed E-state index contributed by atoms with van der Waals surface area (Å²) in [7, 11) is -3.40. The van der Waals surface area contributed by atoms with Crippen molar-refractivity contribution in [1.29, 1.82) is 0 Å². The van der Waals surface area contributed by atoms with Gasteiger partial charge < -0.3 is 0 Å². The van der Waals surface area contributed by atoms with Crippen molar-refractivity contribution in [1.82, 2.24) is 4.72 Å². The minimum absolute atomic E-state index is 0.164. The van der Waals surface area contributed by atoms with E-state index < -0.39 is 10.0 Å². The fourth-order valence-corrected chi connectivity index (χ4v) is 6.77. The van der Waals surface area contributed by atoms with Gasteiger partial charge in [0.15, 0.2) is 0 Å². The van der Waals surface area contributed by atoms with E-state index in [1.165, 1.54) is 37.7 Å². The van der Waals surface area contributed by atoms with E-state index in [2.05, 4.69) is 18.6 Å². The van der Waals surface area contributed by atoms with Crippen molar-refractivity contribution in [2.75, 3.05) is 0 Å². The number of hydrogen-bond donors (Lipinski definition) is 1. The molecule has 0 radical (unpaired) electrons. The normalized spacial score (nSPS) is 35.9. The Balaban J connectivity index is 1.53. The van der Waals surface area contributed by atoms with Gasteiger partial charge in [0, 0.05) is 6.04 Å². The maximum atomic E-state index is 12.8. The molecule has 0 amide bonds. The highest BCUT2D eigenvalue weighted by atomic mass is 32.2. The minimum Gasteiger partial charge on any atom is -0.208 e. The standard InChI is InChI=1S/C19H27NO2S/c1-12(2)15-3-5-18(6-4-15)23(21,22)20-19-16-8-13-7-14(10-16)11-17(19)9-13/h3-6,12-14,16-17,19-20H,7-11H2,1-2H3. The summed E-state index contributed by atoms with van der Waals surface area (Å²) in [5, 5.41) is 0. The second kappa shape index (κ2) is 5.59. The third-order valence-corrected chi connectivity index (χ3v) is 7.85. The van der Waals surface area contributed by atoms with Crippen LogP contribution < -0.4 is 4.72 Å². The highest BCUT2D eigenvalue weighted by Crippen LogP contribution is 2.53. The smallest absolute Gasteiger partial charge is 0.208 e. The highest BCUT2D eigenvalue weighted by Gasteiger charge is 2.49. The molecule has 1 aromatic carbocycles. The van der Waals surface area contributed by atoms with Crippen LogP contribution in [0.4, 0.5) is 0 Å². The number of sulfonamides is 1. The third kappa shape index (κ3) is 2.85. The molecule has 0 aliphatic heterocycles. The molecule has 0 unspecified atom stereocenters. The van der Waals surface area contributed by atoms with E-state index in [0.717, 1.165) is 11.8 Å². The quantitative estimate of drug-likeness (QED) is 0.908. The maximum Gasteiger partial charge on any atom is 0.240 e. The first-order chi connectivity index (χ1) is 10.9. The first kappa shape index (κ1) is 15.6. The van der Waals surface area contributed by atoms with Crippen LogP contribution in [0.2, 0.25) is 0 Å². The van der Waals surface area contributed by atoms with Gasteiger partial charge in [-0.1, -0.05) is 26.0 Å². The minimum atomic E-state index is -3.40. The molecular formula is C19H27NO2S. The number of hydrogen-bond acceptors (Lipinski definition) is 2. The van der Waals surface area contributed by atoms with Crippen molar-refractivity contribution in [2.45, 2.75) is 62.8 Å². The van der Waals surface area contributed by atoms with Crippen LogP contribution in [0, 0.1) is 23.7 Å². The third-order valence-electron chi connectivity index (χ3n) is 6.38. The fraction of sp³-hybridized carbons (Fsp3) is 0.684. The van der Waals surface area contributed by atoms with Gasteiger partial charge in [0.1, 0.15) is 0 Å². The summed E-state index contributed by atoms with van der Waals surface area (Å²) in [6.07, 6.45) is 6.31. The second-order valence-electron chi connectivity index (χ2n) is 8.30. The zero-order valence-electron chi connectivity index (χ0n) is 14.0. The van der Waals surface area contributed by atoms with E-state index in [1.807, 2.05) is 12.1 Å². The molecule has 0 spiro atoms. The van der Waals surface area contributed by atoms with Gasteiger partial charge in [-0.15, -0.1) is 0 Å². The Hall–Kier alpha value is -0.870. The monoisotopic (exact) mass is 333 g/mol. The van der Waals surface area contributed by atoms with Crippen LogP contribution in [0.3, 0.4) is 0 Å². The van der Waals surface area contributed by atoms with E-state index in [9.17, 15) is 8.42 Å². The van der Waals surface area contributed by atoms with E-state index in [4.69, 9.17) is 0 Å². The Kier molecular flexibility index (Phi) is 3.80. The summed E-state index contributed by atoms with van der Waals surface area (Å²) in [4.78, 5) is 0.413. The molecule has 0 atom stereocenters. The van der Waals surface area contributed by atoms with Gasteiger partial charge in [0.2, 0.25) is 10.0 Å². The average molecular weight is 333 g/mol. The van der Waals surface area contributed by atoms with Crippen molar-refractivity contribution < 1.29 is 8.42 Å². The molecule has 3 nitrogen and oxygen atoms in total. The summed E-state index contributed by atoms with van der Waals surface area (Å²) in [5.74, 6) is 3.28. The lowest BCUT2D eigenvalue weighted by molar-refractivity contribution is -0.00557. The summed E-state index contributed by atoms with van der Waals surface area (Å²) in [6.45, 7) is 4.24. The number of rotatable bonds is 4. The van der Waals surface area contributed by atoms with Gasteiger partial charge in [-0.3, -0.25) is 0 Å². The predicted molar refractivity (Wildman–Crippen MR) is 91.7 cm³/mol. The van der Waals surface area contributed by atoms with Crippen LogP contribution in [0.25, 0.3) is 0 Å². The highest BCUT2D eigenvalue weighted by molar-refractivity contribution is 7.89. The predicted octanol–water partition coefficient (Wildman–Crippen LogP) is 3.91. The van der Waals surface area contributed by atoms with Gasteiger partial charge in [0.05, 0.1) is 4.90 Å². The van der Waals surface area contributed by atoms with E-state index in [0.29, 0.717) is 22.6 Å². The molecule has 1 aromatic rings. The van der Waals surface area contributed by atoms with Crippen LogP contribution >= 0.6 is 0 Å². The van der Waals surface area contributed by atoms with Crippen LogP contribution in [0.15, 0.2) is 29.2 Å². The molecule has 4 aliphatic carbocycles. The van der Waals surface area contributed by atoms with Crippen molar-refractivity contribution in [2.24, 2.45) is 23.7 Å². The first-order valence-corrected chi connectivity index (χ1v) is 10.5. The molecule has 1 N–H and O–H groups in total. The van der Waals surface area contributed by atoms with Gasteiger partial charge in [-0.05, 0) is 79.4 Å². The van der Waals surface area contributed by atoms with Crippen LogP contribution in [0.5, 0.6) is 0 Å². The van der Waals surface area contributed by atoms with E-state index >= 15 is 0 Å². The number of benzene rings is 1. The van der Waals surface area contributed by atoms with Crippen molar-refractivity contribution >= 4 is 10.0 Å². The van der Waals surface area contributed by atoms with E-state index in [-0.39, 0.29) is 6.04 Å². The Bertz CT molecular complexity index is 650. The molecule has 4 heteroatoms. The molecule has 5 rings (SSSR count). The Labute approximate surface area is 139 Å². The zero-order valence-corrected chi connectivity index (χ0v) is 14.9.